The molecular formula is C21H23N5O. The molecule has 6 heteroatoms. The van der Waals surface area contributed by atoms with Crippen molar-refractivity contribution in [2.24, 2.45) is 0 Å². The Bertz CT molecular complexity index is 922. The third-order valence-electron chi connectivity index (χ3n) is 4.17. The van der Waals surface area contributed by atoms with Gasteiger partial charge in [-0.15, -0.1) is 0 Å². The van der Waals surface area contributed by atoms with Gasteiger partial charge in [-0.25, -0.2) is 9.97 Å². The van der Waals surface area contributed by atoms with Crippen molar-refractivity contribution in [3.63, 3.8) is 0 Å². The molecule has 0 aliphatic rings. The first kappa shape index (κ1) is 18.4. The van der Waals surface area contributed by atoms with Crippen LogP contribution in [0, 0.1) is 0 Å². The Labute approximate surface area is 159 Å². The summed E-state index contributed by atoms with van der Waals surface area (Å²) in [7, 11) is 3.98. The lowest BCUT2D eigenvalue weighted by atomic mass is 10.1. The van der Waals surface area contributed by atoms with E-state index in [0.29, 0.717) is 11.6 Å². The van der Waals surface area contributed by atoms with Crippen LogP contribution in [-0.2, 0) is 6.42 Å². The molecule has 0 bridgehead atoms. The van der Waals surface area contributed by atoms with E-state index in [-0.39, 0.29) is 5.91 Å². The van der Waals surface area contributed by atoms with Crippen LogP contribution in [-0.4, -0.2) is 30.0 Å². The van der Waals surface area contributed by atoms with Crippen LogP contribution in [0.1, 0.15) is 23.0 Å². The van der Waals surface area contributed by atoms with E-state index in [1.165, 1.54) is 0 Å². The standard InChI is InChI=1S/C21H23N5O/c1-4-15-7-5-6-8-18(15)24-20(27)19-13-14-22-21(25-19)23-16-9-11-17(12-10-16)26(2)3/h5-14H,4H2,1-3H3,(H,24,27)(H,22,23,25). The number of nitrogens with zero attached hydrogens (tertiary/aromatic N) is 3. The number of nitrogens with one attached hydrogen (secondary N) is 2. The zero-order valence-corrected chi connectivity index (χ0v) is 15.7. The van der Waals surface area contributed by atoms with Crippen LogP contribution in [0.3, 0.4) is 0 Å². The minimum Gasteiger partial charge on any atom is -0.378 e. The monoisotopic (exact) mass is 361 g/mol. The average Bonchev–Trinajstić information content (AvgIpc) is 2.69. The first-order valence-electron chi connectivity index (χ1n) is 8.83. The third-order valence-corrected chi connectivity index (χ3v) is 4.17. The van der Waals surface area contributed by atoms with Gasteiger partial charge < -0.3 is 15.5 Å². The summed E-state index contributed by atoms with van der Waals surface area (Å²) in [5.74, 6) is 0.119. The van der Waals surface area contributed by atoms with Gasteiger partial charge in [0.15, 0.2) is 0 Å². The Morgan fingerprint density at radius 2 is 1.78 bits per heavy atom. The van der Waals surface area contributed by atoms with Gasteiger partial charge in [-0.1, -0.05) is 25.1 Å². The lowest BCUT2D eigenvalue weighted by Crippen LogP contribution is -2.15. The maximum Gasteiger partial charge on any atom is 0.274 e. The molecule has 0 fully saturated rings. The van der Waals surface area contributed by atoms with Crippen LogP contribution in [0.25, 0.3) is 0 Å². The van der Waals surface area contributed by atoms with Crippen LogP contribution in [0.5, 0.6) is 0 Å². The predicted octanol–water partition coefficient (Wildman–Crippen LogP) is 4.10. The van der Waals surface area contributed by atoms with E-state index in [4.69, 9.17) is 0 Å². The number of hydrogen-bond acceptors (Lipinski definition) is 5. The highest BCUT2D eigenvalue weighted by Crippen LogP contribution is 2.19. The summed E-state index contributed by atoms with van der Waals surface area (Å²) in [4.78, 5) is 23.1. The van der Waals surface area contributed by atoms with E-state index >= 15 is 0 Å². The topological polar surface area (TPSA) is 70.2 Å². The molecular weight excluding hydrogens is 338 g/mol. The maximum absolute atomic E-state index is 12.6. The summed E-state index contributed by atoms with van der Waals surface area (Å²) in [6.45, 7) is 2.05. The molecule has 3 aromatic rings. The third kappa shape index (κ3) is 4.61. The molecule has 1 aromatic heterocycles. The summed E-state index contributed by atoms with van der Waals surface area (Å²) in [5, 5.41) is 6.06. The van der Waals surface area contributed by atoms with Crippen molar-refractivity contribution >= 4 is 28.9 Å². The smallest absolute Gasteiger partial charge is 0.274 e. The SMILES string of the molecule is CCc1ccccc1NC(=O)c1ccnc(Nc2ccc(N(C)C)cc2)n1. The fourth-order valence-electron chi connectivity index (χ4n) is 2.65. The van der Waals surface area contributed by atoms with Crippen molar-refractivity contribution in [3.05, 3.63) is 72.1 Å². The summed E-state index contributed by atoms with van der Waals surface area (Å²) >= 11 is 0. The second-order valence-electron chi connectivity index (χ2n) is 6.30. The molecule has 3 rings (SSSR count). The molecule has 0 aliphatic carbocycles. The van der Waals surface area contributed by atoms with Crippen molar-refractivity contribution in [1.29, 1.82) is 0 Å². The molecule has 6 nitrogen and oxygen atoms in total. The van der Waals surface area contributed by atoms with E-state index in [1.807, 2.05) is 67.5 Å². The Balaban J connectivity index is 1.73. The van der Waals surface area contributed by atoms with Crippen molar-refractivity contribution < 1.29 is 4.79 Å². The molecule has 0 atom stereocenters. The fourth-order valence-corrected chi connectivity index (χ4v) is 2.65. The van der Waals surface area contributed by atoms with E-state index in [2.05, 4.69) is 27.5 Å². The number of hydrogen-bond donors (Lipinski definition) is 2. The average molecular weight is 361 g/mol. The Kier molecular flexibility index (Phi) is 5.66. The molecule has 138 valence electrons. The van der Waals surface area contributed by atoms with Crippen LogP contribution >= 0.6 is 0 Å². The number of aryl methyl sites for hydroxylation is 1. The molecule has 0 saturated heterocycles. The second kappa shape index (κ2) is 8.31. The molecule has 1 amide bonds. The molecule has 0 saturated carbocycles. The van der Waals surface area contributed by atoms with Crippen molar-refractivity contribution in [3.8, 4) is 0 Å². The summed E-state index contributed by atoms with van der Waals surface area (Å²) < 4.78 is 0. The first-order chi connectivity index (χ1) is 13.1. The van der Waals surface area contributed by atoms with E-state index in [9.17, 15) is 4.79 Å². The van der Waals surface area contributed by atoms with Gasteiger partial charge in [-0.3, -0.25) is 4.79 Å². The molecule has 0 aliphatic heterocycles. The quantitative estimate of drug-likeness (QED) is 0.692. The number of anilines is 4. The van der Waals surface area contributed by atoms with Gasteiger partial charge in [-0.2, -0.15) is 0 Å². The second-order valence-corrected chi connectivity index (χ2v) is 6.30. The minimum absolute atomic E-state index is 0.260. The number of carbonyl (C=O) groups is 1. The Morgan fingerprint density at radius 3 is 2.48 bits per heavy atom. The van der Waals surface area contributed by atoms with Crippen LogP contribution in [0.2, 0.25) is 0 Å². The first-order valence-corrected chi connectivity index (χ1v) is 8.83. The summed E-state index contributed by atoms with van der Waals surface area (Å²) in [6, 6.07) is 17.3. The van der Waals surface area contributed by atoms with Gasteiger partial charge in [0.05, 0.1) is 0 Å². The zero-order chi connectivity index (χ0) is 19.2. The number of carbonyl (C=O) groups excluding carboxylic acids is 1. The van der Waals surface area contributed by atoms with Crippen molar-refractivity contribution in [1.82, 2.24) is 9.97 Å². The lowest BCUT2D eigenvalue weighted by molar-refractivity contribution is 0.102. The van der Waals surface area contributed by atoms with Crippen LogP contribution < -0.4 is 15.5 Å². The van der Waals surface area contributed by atoms with Crippen LogP contribution in [0.4, 0.5) is 23.0 Å². The highest BCUT2D eigenvalue weighted by Gasteiger charge is 2.11. The van der Waals surface area contributed by atoms with E-state index in [0.717, 1.165) is 29.0 Å². The number of aromatic nitrogens is 2. The molecule has 0 spiro atoms. The van der Waals surface area contributed by atoms with Gasteiger partial charge >= 0.3 is 0 Å². The molecule has 2 aromatic carbocycles. The number of benzene rings is 2. The summed E-state index contributed by atoms with van der Waals surface area (Å²) in [6.07, 6.45) is 2.42. The lowest BCUT2D eigenvalue weighted by Gasteiger charge is -2.13. The van der Waals surface area contributed by atoms with Crippen molar-refractivity contribution in [2.45, 2.75) is 13.3 Å². The molecule has 27 heavy (non-hydrogen) atoms. The van der Waals surface area contributed by atoms with E-state index in [1.54, 1.807) is 12.3 Å². The number of para-hydroxylation sites is 1. The van der Waals surface area contributed by atoms with Crippen LogP contribution in [0.15, 0.2) is 60.8 Å². The summed E-state index contributed by atoms with van der Waals surface area (Å²) in [5.41, 5.74) is 4.15. The highest BCUT2D eigenvalue weighted by atomic mass is 16.1. The number of rotatable bonds is 6. The molecule has 2 N–H and O–H groups in total. The molecule has 0 unspecified atom stereocenters. The molecule has 1 heterocycles. The zero-order valence-electron chi connectivity index (χ0n) is 15.7. The van der Waals surface area contributed by atoms with Gasteiger partial charge in [0.1, 0.15) is 5.69 Å². The largest absolute Gasteiger partial charge is 0.378 e. The fraction of sp³-hybridized carbons (Fsp3) is 0.190. The predicted molar refractivity (Wildman–Crippen MR) is 110 cm³/mol. The minimum atomic E-state index is -0.260. The normalized spacial score (nSPS) is 10.3. The maximum atomic E-state index is 12.6. The van der Waals surface area contributed by atoms with Gasteiger partial charge in [0.25, 0.3) is 5.91 Å². The molecule has 0 radical (unpaired) electrons. The van der Waals surface area contributed by atoms with Crippen molar-refractivity contribution in [2.75, 3.05) is 29.6 Å². The highest BCUT2D eigenvalue weighted by molar-refractivity contribution is 6.03. The van der Waals surface area contributed by atoms with Gasteiger partial charge in [0.2, 0.25) is 5.95 Å². The van der Waals surface area contributed by atoms with Gasteiger partial charge in [-0.05, 0) is 48.4 Å². The Hall–Kier alpha value is -3.41. The Morgan fingerprint density at radius 1 is 1.04 bits per heavy atom. The van der Waals surface area contributed by atoms with Gasteiger partial charge in [0, 0.05) is 37.4 Å². The van der Waals surface area contributed by atoms with E-state index < -0.39 is 0 Å². The number of amides is 1.